The molecule has 7 heteroatoms. The third kappa shape index (κ3) is 3.64. The monoisotopic (exact) mass is 382 g/mol. The van der Waals surface area contributed by atoms with Crippen LogP contribution in [0.15, 0.2) is 54.1 Å². The van der Waals surface area contributed by atoms with Crippen LogP contribution in [0.5, 0.6) is 0 Å². The van der Waals surface area contributed by atoms with Gasteiger partial charge in [0.15, 0.2) is 0 Å². The zero-order valence-electron chi connectivity index (χ0n) is 15.0. The van der Waals surface area contributed by atoms with E-state index in [9.17, 15) is 29.0 Å². The van der Waals surface area contributed by atoms with Gasteiger partial charge in [-0.15, -0.1) is 0 Å². The molecule has 2 aromatic rings. The molecule has 1 atom stereocenters. The van der Waals surface area contributed by atoms with Gasteiger partial charge in [0.05, 0.1) is 11.6 Å². The van der Waals surface area contributed by atoms with Gasteiger partial charge in [-0.05, 0) is 24.6 Å². The Morgan fingerprint density at radius 1 is 1.18 bits per heavy atom. The van der Waals surface area contributed by atoms with Crippen molar-refractivity contribution >= 4 is 23.4 Å². The standard InChI is InChI=1S/C21H18FNO5/c1-12-5-7-13(8-6-12)19(26)17-18(14-3-2-4-15(22)11-14)23(10-9-16(24)25)21(28)20(17)27/h2-8,11,18,26H,9-10H2,1H3,(H,24,25)/p-1/t18-/m0/s1. The van der Waals surface area contributed by atoms with Crippen LogP contribution in [0.25, 0.3) is 5.76 Å². The fourth-order valence-electron chi connectivity index (χ4n) is 3.21. The van der Waals surface area contributed by atoms with E-state index in [-0.39, 0.29) is 17.7 Å². The Morgan fingerprint density at radius 2 is 1.86 bits per heavy atom. The number of likely N-dealkylation sites (tertiary alicyclic amines) is 1. The lowest BCUT2D eigenvalue weighted by molar-refractivity contribution is -0.305. The Balaban J connectivity index is 2.16. The molecule has 144 valence electrons. The second-order valence-electron chi connectivity index (χ2n) is 6.54. The van der Waals surface area contributed by atoms with Crippen LogP contribution in [0.2, 0.25) is 0 Å². The summed E-state index contributed by atoms with van der Waals surface area (Å²) in [6.45, 7) is 1.55. The summed E-state index contributed by atoms with van der Waals surface area (Å²) in [5.74, 6) is -4.28. The predicted octanol–water partition coefficient (Wildman–Crippen LogP) is 1.70. The molecular formula is C21H17FNO5-. The molecule has 1 fully saturated rings. The van der Waals surface area contributed by atoms with Crippen molar-refractivity contribution in [1.29, 1.82) is 0 Å². The van der Waals surface area contributed by atoms with Gasteiger partial charge in [0.1, 0.15) is 11.6 Å². The molecule has 1 aliphatic heterocycles. The van der Waals surface area contributed by atoms with E-state index in [2.05, 4.69) is 0 Å². The molecule has 0 aromatic heterocycles. The van der Waals surface area contributed by atoms with E-state index in [1.807, 2.05) is 6.92 Å². The number of halogens is 1. The first kappa shape index (κ1) is 19.3. The fraction of sp³-hybridized carbons (Fsp3) is 0.190. The highest BCUT2D eigenvalue weighted by atomic mass is 19.1. The number of rotatable bonds is 5. The molecule has 3 rings (SSSR count). The molecular weight excluding hydrogens is 365 g/mol. The Bertz CT molecular complexity index is 981. The van der Waals surface area contributed by atoms with Crippen LogP contribution in [0.4, 0.5) is 4.39 Å². The van der Waals surface area contributed by atoms with E-state index in [1.165, 1.54) is 18.2 Å². The van der Waals surface area contributed by atoms with Gasteiger partial charge < -0.3 is 19.9 Å². The minimum atomic E-state index is -1.39. The van der Waals surface area contributed by atoms with Gasteiger partial charge in [0, 0.05) is 24.5 Å². The van der Waals surface area contributed by atoms with Crippen LogP contribution < -0.4 is 5.11 Å². The van der Waals surface area contributed by atoms with Gasteiger partial charge in [0.2, 0.25) is 0 Å². The van der Waals surface area contributed by atoms with Crippen molar-refractivity contribution in [2.24, 2.45) is 0 Å². The quantitative estimate of drug-likeness (QED) is 0.482. The van der Waals surface area contributed by atoms with Crippen molar-refractivity contribution < 1.29 is 29.0 Å². The molecule has 2 aromatic carbocycles. The Morgan fingerprint density at radius 3 is 2.46 bits per heavy atom. The van der Waals surface area contributed by atoms with Gasteiger partial charge >= 0.3 is 0 Å². The van der Waals surface area contributed by atoms with Crippen LogP contribution in [-0.2, 0) is 14.4 Å². The maximum absolute atomic E-state index is 13.8. The number of aliphatic hydroxyl groups is 1. The molecule has 1 amide bonds. The first-order valence-electron chi connectivity index (χ1n) is 8.60. The molecule has 0 radical (unpaired) electrons. The zero-order chi connectivity index (χ0) is 20.4. The average molecular weight is 382 g/mol. The Hall–Kier alpha value is -3.48. The lowest BCUT2D eigenvalue weighted by atomic mass is 9.95. The predicted molar refractivity (Wildman–Crippen MR) is 96.2 cm³/mol. The minimum absolute atomic E-state index is 0.210. The number of carbonyl (C=O) groups is 3. The number of nitrogens with zero attached hydrogens (tertiary/aromatic N) is 1. The topological polar surface area (TPSA) is 97.7 Å². The summed E-state index contributed by atoms with van der Waals surface area (Å²) in [5.41, 5.74) is 1.31. The number of aryl methyl sites for hydroxylation is 1. The van der Waals surface area contributed by atoms with Gasteiger partial charge in [-0.25, -0.2) is 4.39 Å². The largest absolute Gasteiger partial charge is 0.550 e. The van der Waals surface area contributed by atoms with Crippen molar-refractivity contribution in [2.75, 3.05) is 6.54 Å². The van der Waals surface area contributed by atoms with Crippen LogP contribution >= 0.6 is 0 Å². The lowest BCUT2D eigenvalue weighted by Gasteiger charge is -2.25. The molecule has 0 bridgehead atoms. The summed E-state index contributed by atoms with van der Waals surface area (Å²) < 4.78 is 13.8. The van der Waals surface area contributed by atoms with E-state index in [0.717, 1.165) is 16.5 Å². The molecule has 1 aliphatic rings. The second kappa shape index (κ2) is 7.64. The number of aliphatic carboxylic acids is 1. The highest BCUT2D eigenvalue weighted by molar-refractivity contribution is 6.46. The Labute approximate surface area is 160 Å². The van der Waals surface area contributed by atoms with E-state index in [1.54, 1.807) is 24.3 Å². The summed E-state index contributed by atoms with van der Waals surface area (Å²) in [6, 6.07) is 10.8. The summed E-state index contributed by atoms with van der Waals surface area (Å²) in [7, 11) is 0. The number of carboxylic acids is 1. The van der Waals surface area contributed by atoms with Gasteiger partial charge in [-0.1, -0.05) is 42.0 Å². The van der Waals surface area contributed by atoms with Crippen LogP contribution in [0.1, 0.15) is 29.2 Å². The number of ketones is 1. The SMILES string of the molecule is Cc1ccc(C(O)=C2C(=O)C(=O)N(CCC(=O)[O-])[C@H]2c2cccc(F)c2)cc1. The third-order valence-electron chi connectivity index (χ3n) is 4.59. The first-order chi connectivity index (χ1) is 13.3. The maximum Gasteiger partial charge on any atom is 0.295 e. The van der Waals surface area contributed by atoms with E-state index < -0.39 is 41.7 Å². The number of benzene rings is 2. The molecule has 28 heavy (non-hydrogen) atoms. The second-order valence-corrected chi connectivity index (χ2v) is 6.54. The van der Waals surface area contributed by atoms with E-state index in [0.29, 0.717) is 5.56 Å². The van der Waals surface area contributed by atoms with Crippen molar-refractivity contribution in [2.45, 2.75) is 19.4 Å². The molecule has 0 unspecified atom stereocenters. The van der Waals surface area contributed by atoms with Crippen molar-refractivity contribution in [1.82, 2.24) is 4.90 Å². The molecule has 0 aliphatic carbocycles. The van der Waals surface area contributed by atoms with Gasteiger partial charge in [0.25, 0.3) is 11.7 Å². The van der Waals surface area contributed by atoms with Gasteiger partial charge in [-0.3, -0.25) is 9.59 Å². The molecule has 1 heterocycles. The van der Waals surface area contributed by atoms with Crippen LogP contribution in [0, 0.1) is 12.7 Å². The minimum Gasteiger partial charge on any atom is -0.550 e. The summed E-state index contributed by atoms with van der Waals surface area (Å²) >= 11 is 0. The normalized spacial score (nSPS) is 18.5. The maximum atomic E-state index is 13.8. The van der Waals surface area contributed by atoms with Crippen molar-refractivity contribution in [3.8, 4) is 0 Å². The zero-order valence-corrected chi connectivity index (χ0v) is 15.0. The van der Waals surface area contributed by atoms with Crippen LogP contribution in [-0.4, -0.2) is 34.2 Å². The number of hydrogen-bond acceptors (Lipinski definition) is 5. The smallest absolute Gasteiger partial charge is 0.295 e. The third-order valence-corrected chi connectivity index (χ3v) is 4.59. The fourth-order valence-corrected chi connectivity index (χ4v) is 3.21. The van der Waals surface area contributed by atoms with Crippen molar-refractivity contribution in [3.05, 3.63) is 76.6 Å². The number of carboxylic acid groups (broad SMARTS) is 1. The van der Waals surface area contributed by atoms with Crippen molar-refractivity contribution in [3.63, 3.8) is 0 Å². The van der Waals surface area contributed by atoms with Crippen LogP contribution in [0.3, 0.4) is 0 Å². The number of carbonyl (C=O) groups excluding carboxylic acids is 3. The van der Waals surface area contributed by atoms with E-state index in [4.69, 9.17) is 0 Å². The lowest BCUT2D eigenvalue weighted by Crippen LogP contribution is -2.34. The summed E-state index contributed by atoms with van der Waals surface area (Å²) in [6.07, 6.45) is -0.497. The summed E-state index contributed by atoms with van der Waals surface area (Å²) in [4.78, 5) is 37.0. The highest BCUT2D eigenvalue weighted by Crippen LogP contribution is 2.39. The Kier molecular flexibility index (Phi) is 5.26. The molecule has 1 saturated heterocycles. The molecule has 0 saturated carbocycles. The average Bonchev–Trinajstić information content (AvgIpc) is 2.91. The first-order valence-corrected chi connectivity index (χ1v) is 8.60. The number of Topliss-reactive ketones (excluding diaryl/α,β-unsaturated/α-hetero) is 1. The van der Waals surface area contributed by atoms with Gasteiger partial charge in [-0.2, -0.15) is 0 Å². The molecule has 0 spiro atoms. The highest BCUT2D eigenvalue weighted by Gasteiger charge is 2.45. The number of aliphatic hydroxyl groups excluding tert-OH is 1. The number of amides is 1. The summed E-state index contributed by atoms with van der Waals surface area (Å²) in [5, 5.41) is 21.6. The molecule has 6 nitrogen and oxygen atoms in total. The van der Waals surface area contributed by atoms with E-state index >= 15 is 0 Å². The molecule has 1 N–H and O–H groups in total. The number of hydrogen-bond donors (Lipinski definition) is 1.